The van der Waals surface area contributed by atoms with Gasteiger partial charge in [0, 0.05) is 18.4 Å². The van der Waals surface area contributed by atoms with Gasteiger partial charge in [-0.15, -0.1) is 12.4 Å². The van der Waals surface area contributed by atoms with Crippen LogP contribution in [0.1, 0.15) is 25.3 Å². The van der Waals surface area contributed by atoms with Crippen molar-refractivity contribution < 1.29 is 32.6 Å². The second kappa shape index (κ2) is 12.4. The van der Waals surface area contributed by atoms with E-state index < -0.39 is 30.2 Å². The fourth-order valence-corrected chi connectivity index (χ4v) is 5.25. The number of hydrogen-bond acceptors (Lipinski definition) is 6. The molecule has 2 N–H and O–H groups in total. The average molecular weight is 576 g/mol. The van der Waals surface area contributed by atoms with Gasteiger partial charge < -0.3 is 29.7 Å². The number of fused-ring (bicyclic) bond motifs is 2. The number of ether oxygens (including phenoxy) is 3. The number of hydrogen-bond donors (Lipinski definition) is 2. The Morgan fingerprint density at radius 1 is 1.10 bits per heavy atom. The Morgan fingerprint density at radius 3 is 2.52 bits per heavy atom. The lowest BCUT2D eigenvalue weighted by Gasteiger charge is -2.41. The smallest absolute Gasteiger partial charge is 0.387 e. The van der Waals surface area contributed by atoms with Crippen LogP contribution in [0.3, 0.4) is 0 Å². The summed E-state index contributed by atoms with van der Waals surface area (Å²) in [6, 6.07) is 16.0. The van der Waals surface area contributed by atoms with Crippen molar-refractivity contribution in [3.63, 3.8) is 0 Å². The minimum Gasteiger partial charge on any atom is -0.482 e. The quantitative estimate of drug-likeness (QED) is 0.433. The number of amides is 2. The number of alkyl halides is 2. The molecule has 8 nitrogen and oxygen atoms in total. The maximum Gasteiger partial charge on any atom is 0.387 e. The molecule has 2 aliphatic heterocycles. The summed E-state index contributed by atoms with van der Waals surface area (Å²) in [6.07, 6.45) is 0.765. The van der Waals surface area contributed by atoms with Crippen LogP contribution in [0.15, 0.2) is 60.7 Å². The number of halogens is 3. The second-order valence-electron chi connectivity index (χ2n) is 9.77. The SMILES string of the molecule is CN[C@@H](C)C(=O)N[C@H]1C(=O)N(Cc2c(OC(F)F)ccc3ccccc23)c2ccccc2OC12CCOCC2.Cl. The molecule has 3 aromatic rings. The number of rotatable bonds is 7. The fraction of sp³-hybridized carbons (Fsp3) is 0.379. The van der Waals surface area contributed by atoms with E-state index in [0.29, 0.717) is 48.4 Å². The summed E-state index contributed by atoms with van der Waals surface area (Å²) in [5, 5.41) is 7.32. The number of carbonyl (C=O) groups is 2. The van der Waals surface area contributed by atoms with Crippen LogP contribution in [0.25, 0.3) is 10.8 Å². The Labute approximate surface area is 237 Å². The standard InChI is InChI=1S/C29H31F2N3O5.ClH/c1-18(32-2)26(35)33-25-27(36)34(22-9-5-6-10-24(22)39-29(25)13-15-37-16-14-29)17-21-20-8-4-3-7-19(20)11-12-23(21)38-28(30)31;/h3-12,18,25,28,32H,13-17H2,1-2H3,(H,33,35);1H/t18-,25-;/m0./s1. The van der Waals surface area contributed by atoms with E-state index in [2.05, 4.69) is 10.6 Å². The summed E-state index contributed by atoms with van der Waals surface area (Å²) >= 11 is 0. The predicted octanol–water partition coefficient (Wildman–Crippen LogP) is 4.43. The summed E-state index contributed by atoms with van der Waals surface area (Å²) < 4.78 is 43.9. The molecule has 3 aromatic carbocycles. The topological polar surface area (TPSA) is 89.1 Å². The number of nitrogens with zero attached hydrogens (tertiary/aromatic N) is 1. The first-order valence-electron chi connectivity index (χ1n) is 12.9. The van der Waals surface area contributed by atoms with Crippen molar-refractivity contribution in [3.05, 3.63) is 66.2 Å². The first-order chi connectivity index (χ1) is 18.8. The molecule has 2 aliphatic rings. The molecule has 40 heavy (non-hydrogen) atoms. The van der Waals surface area contributed by atoms with Crippen LogP contribution in [-0.4, -0.2) is 56.4 Å². The lowest BCUT2D eigenvalue weighted by molar-refractivity contribution is -0.138. The van der Waals surface area contributed by atoms with E-state index in [-0.39, 0.29) is 30.6 Å². The van der Waals surface area contributed by atoms with Gasteiger partial charge in [0.2, 0.25) is 5.91 Å². The van der Waals surface area contributed by atoms with E-state index in [1.54, 1.807) is 50.4 Å². The molecule has 11 heteroatoms. The Balaban J connectivity index is 0.00000370. The van der Waals surface area contributed by atoms with Gasteiger partial charge in [-0.1, -0.05) is 42.5 Å². The zero-order valence-corrected chi connectivity index (χ0v) is 23.0. The summed E-state index contributed by atoms with van der Waals surface area (Å²) in [4.78, 5) is 29.1. The average Bonchev–Trinajstić information content (AvgIpc) is 3.03. The third kappa shape index (κ3) is 5.70. The molecule has 214 valence electrons. The maximum absolute atomic E-state index is 14.5. The minimum absolute atomic E-state index is 0. The van der Waals surface area contributed by atoms with Gasteiger partial charge in [0.15, 0.2) is 0 Å². The van der Waals surface area contributed by atoms with Gasteiger partial charge in [-0.25, -0.2) is 0 Å². The van der Waals surface area contributed by atoms with Crippen molar-refractivity contribution in [2.45, 2.75) is 50.6 Å². The molecule has 2 atom stereocenters. The van der Waals surface area contributed by atoms with Gasteiger partial charge in [0.25, 0.3) is 5.91 Å². The fourth-order valence-electron chi connectivity index (χ4n) is 5.25. The molecular weight excluding hydrogens is 544 g/mol. The van der Waals surface area contributed by atoms with Crippen molar-refractivity contribution in [1.29, 1.82) is 0 Å². The van der Waals surface area contributed by atoms with Gasteiger partial charge in [0.05, 0.1) is 31.5 Å². The largest absolute Gasteiger partial charge is 0.482 e. The summed E-state index contributed by atoms with van der Waals surface area (Å²) in [7, 11) is 1.66. The molecule has 1 spiro atoms. The molecular formula is C29H32ClF2N3O5. The van der Waals surface area contributed by atoms with E-state index in [1.807, 2.05) is 18.2 Å². The van der Waals surface area contributed by atoms with Crippen LogP contribution in [0, 0.1) is 0 Å². The summed E-state index contributed by atoms with van der Waals surface area (Å²) in [5.74, 6) is -0.329. The van der Waals surface area contributed by atoms with Crippen molar-refractivity contribution in [2.24, 2.45) is 0 Å². The number of para-hydroxylation sites is 2. The predicted molar refractivity (Wildman–Crippen MR) is 149 cm³/mol. The zero-order valence-electron chi connectivity index (χ0n) is 22.2. The van der Waals surface area contributed by atoms with Crippen LogP contribution >= 0.6 is 12.4 Å². The normalized spacial score (nSPS) is 18.9. The lowest BCUT2D eigenvalue weighted by atomic mass is 9.84. The van der Waals surface area contributed by atoms with Gasteiger partial charge in [0.1, 0.15) is 23.1 Å². The Bertz CT molecular complexity index is 1370. The van der Waals surface area contributed by atoms with Crippen molar-refractivity contribution in [1.82, 2.24) is 10.6 Å². The highest BCUT2D eigenvalue weighted by atomic mass is 35.5. The van der Waals surface area contributed by atoms with Crippen LogP contribution in [0.2, 0.25) is 0 Å². The lowest BCUT2D eigenvalue weighted by Crippen LogP contribution is -2.65. The third-order valence-corrected chi connectivity index (χ3v) is 7.49. The number of nitrogens with one attached hydrogen (secondary N) is 2. The molecule has 0 aliphatic carbocycles. The highest BCUT2D eigenvalue weighted by Gasteiger charge is 2.51. The highest BCUT2D eigenvalue weighted by molar-refractivity contribution is 6.03. The molecule has 0 saturated carbocycles. The van der Waals surface area contributed by atoms with Crippen molar-refractivity contribution in [2.75, 3.05) is 25.2 Å². The van der Waals surface area contributed by atoms with E-state index >= 15 is 0 Å². The van der Waals surface area contributed by atoms with Crippen LogP contribution in [0.5, 0.6) is 11.5 Å². The monoisotopic (exact) mass is 575 g/mol. The van der Waals surface area contributed by atoms with Gasteiger partial charge in [-0.05, 0) is 42.9 Å². The van der Waals surface area contributed by atoms with Crippen LogP contribution in [-0.2, 0) is 20.9 Å². The van der Waals surface area contributed by atoms with Gasteiger partial charge in [-0.3, -0.25) is 9.59 Å². The number of carbonyl (C=O) groups excluding carboxylic acids is 2. The molecule has 0 aromatic heterocycles. The molecule has 0 radical (unpaired) electrons. The first kappa shape index (κ1) is 29.5. The molecule has 1 fully saturated rings. The van der Waals surface area contributed by atoms with E-state index in [1.165, 1.54) is 11.0 Å². The molecule has 1 saturated heterocycles. The Hall–Kier alpha value is -3.47. The molecule has 0 unspecified atom stereocenters. The van der Waals surface area contributed by atoms with Crippen molar-refractivity contribution in [3.8, 4) is 11.5 Å². The first-order valence-corrected chi connectivity index (χ1v) is 12.9. The van der Waals surface area contributed by atoms with Crippen molar-refractivity contribution >= 4 is 40.7 Å². The number of benzene rings is 3. The Morgan fingerprint density at radius 2 is 1.80 bits per heavy atom. The molecule has 2 amide bonds. The molecule has 5 rings (SSSR count). The van der Waals surface area contributed by atoms with E-state index in [9.17, 15) is 18.4 Å². The zero-order chi connectivity index (χ0) is 27.6. The summed E-state index contributed by atoms with van der Waals surface area (Å²) in [5.41, 5.74) is -0.152. The number of anilines is 1. The van der Waals surface area contributed by atoms with E-state index in [0.717, 1.165) is 5.39 Å². The van der Waals surface area contributed by atoms with Crippen LogP contribution in [0.4, 0.5) is 14.5 Å². The van der Waals surface area contributed by atoms with Crippen LogP contribution < -0.4 is 25.0 Å². The molecule has 0 bridgehead atoms. The minimum atomic E-state index is -3.04. The van der Waals surface area contributed by atoms with Gasteiger partial charge >= 0.3 is 6.61 Å². The van der Waals surface area contributed by atoms with E-state index in [4.69, 9.17) is 14.2 Å². The summed E-state index contributed by atoms with van der Waals surface area (Å²) in [6.45, 7) is -0.702. The van der Waals surface area contributed by atoms with Gasteiger partial charge in [-0.2, -0.15) is 8.78 Å². The third-order valence-electron chi connectivity index (χ3n) is 7.49. The number of likely N-dealkylation sites (N-methyl/N-ethyl adjacent to an activating group) is 1. The maximum atomic E-state index is 14.5. The Kier molecular flexibility index (Phi) is 9.12. The highest BCUT2D eigenvalue weighted by Crippen LogP contribution is 2.42. The molecule has 2 heterocycles. The second-order valence-corrected chi connectivity index (χ2v) is 9.77.